The molecule has 0 unspecified atom stereocenters. The van der Waals surface area contributed by atoms with Gasteiger partial charge in [0.1, 0.15) is 0 Å². The molecule has 4 heteroatoms. The van der Waals surface area contributed by atoms with E-state index >= 15 is 0 Å². The van der Waals surface area contributed by atoms with Gasteiger partial charge in [0, 0.05) is 25.1 Å². The van der Waals surface area contributed by atoms with Crippen LogP contribution in [0.25, 0.3) is 0 Å². The second kappa shape index (κ2) is 8.54. The Hall–Kier alpha value is -0.610. The van der Waals surface area contributed by atoms with Gasteiger partial charge in [0.15, 0.2) is 0 Å². The fraction of sp³-hybridized carbons (Fsp3) is 0.933. The molecule has 19 heavy (non-hydrogen) atoms. The molecule has 0 atom stereocenters. The van der Waals surface area contributed by atoms with E-state index in [1.54, 1.807) is 0 Å². The van der Waals surface area contributed by atoms with Crippen molar-refractivity contribution in [2.45, 2.75) is 52.4 Å². The summed E-state index contributed by atoms with van der Waals surface area (Å²) in [6.45, 7) is 6.40. The third-order valence-electron chi connectivity index (χ3n) is 4.08. The number of amides is 1. The van der Waals surface area contributed by atoms with Crippen LogP contribution in [0.1, 0.15) is 52.4 Å². The van der Waals surface area contributed by atoms with Gasteiger partial charge in [0.05, 0.1) is 6.54 Å². The smallest absolute Gasteiger partial charge is 0.233 e. The van der Waals surface area contributed by atoms with Gasteiger partial charge in [-0.05, 0) is 25.2 Å². The van der Waals surface area contributed by atoms with Gasteiger partial charge in [-0.3, -0.25) is 4.79 Å². The van der Waals surface area contributed by atoms with Crippen molar-refractivity contribution in [1.29, 1.82) is 0 Å². The molecule has 0 saturated heterocycles. The highest BCUT2D eigenvalue weighted by Crippen LogP contribution is 2.35. The van der Waals surface area contributed by atoms with E-state index in [1.807, 2.05) is 0 Å². The molecule has 0 bridgehead atoms. The fourth-order valence-corrected chi connectivity index (χ4v) is 2.70. The zero-order chi connectivity index (χ0) is 14.1. The largest absolute Gasteiger partial charge is 0.396 e. The lowest BCUT2D eigenvalue weighted by atomic mass is 9.74. The molecular formula is C15H30N2O2. The van der Waals surface area contributed by atoms with Gasteiger partial charge in [-0.2, -0.15) is 0 Å². The highest BCUT2D eigenvalue weighted by atomic mass is 16.3. The normalized spacial score (nSPS) is 18.5. The molecule has 0 aromatic carbocycles. The average molecular weight is 270 g/mol. The third-order valence-corrected chi connectivity index (χ3v) is 4.08. The van der Waals surface area contributed by atoms with Crippen LogP contribution in [-0.4, -0.2) is 37.3 Å². The Labute approximate surface area is 117 Å². The van der Waals surface area contributed by atoms with Crippen LogP contribution in [0.3, 0.4) is 0 Å². The maximum Gasteiger partial charge on any atom is 0.233 e. The molecule has 0 aromatic heterocycles. The predicted molar refractivity (Wildman–Crippen MR) is 77.9 cm³/mol. The minimum Gasteiger partial charge on any atom is -0.396 e. The molecule has 4 nitrogen and oxygen atoms in total. The molecular weight excluding hydrogens is 240 g/mol. The first-order valence-corrected chi connectivity index (χ1v) is 7.66. The molecule has 3 N–H and O–H groups in total. The van der Waals surface area contributed by atoms with Crippen molar-refractivity contribution < 1.29 is 9.90 Å². The lowest BCUT2D eigenvalue weighted by Crippen LogP contribution is -2.43. The summed E-state index contributed by atoms with van der Waals surface area (Å²) in [5.41, 5.74) is 0.0104. The summed E-state index contributed by atoms with van der Waals surface area (Å²) < 4.78 is 0. The van der Waals surface area contributed by atoms with E-state index in [-0.39, 0.29) is 17.9 Å². The van der Waals surface area contributed by atoms with E-state index in [1.165, 1.54) is 19.3 Å². The lowest BCUT2D eigenvalue weighted by molar-refractivity contribution is -0.120. The summed E-state index contributed by atoms with van der Waals surface area (Å²) in [7, 11) is 0. The Morgan fingerprint density at radius 2 is 1.95 bits per heavy atom. The van der Waals surface area contributed by atoms with Gasteiger partial charge in [0.2, 0.25) is 5.91 Å². The summed E-state index contributed by atoms with van der Waals surface area (Å²) >= 11 is 0. The van der Waals surface area contributed by atoms with Crippen molar-refractivity contribution >= 4 is 5.91 Å². The second-order valence-corrected chi connectivity index (χ2v) is 6.35. The minimum atomic E-state index is 0.0104. The van der Waals surface area contributed by atoms with Gasteiger partial charge < -0.3 is 15.7 Å². The molecule has 1 saturated carbocycles. The summed E-state index contributed by atoms with van der Waals surface area (Å²) in [6, 6.07) is 0. The average Bonchev–Trinajstić information content (AvgIpc) is 2.39. The van der Waals surface area contributed by atoms with Gasteiger partial charge in [-0.15, -0.1) is 0 Å². The Kier molecular flexibility index (Phi) is 7.39. The molecule has 0 spiro atoms. The molecule has 1 fully saturated rings. The molecule has 112 valence electrons. The van der Waals surface area contributed by atoms with Crippen LogP contribution in [0.4, 0.5) is 0 Å². The molecule has 1 amide bonds. The Balaban J connectivity index is 2.15. The van der Waals surface area contributed by atoms with Crippen molar-refractivity contribution in [3.63, 3.8) is 0 Å². The topological polar surface area (TPSA) is 61.4 Å². The van der Waals surface area contributed by atoms with Crippen LogP contribution in [0, 0.1) is 11.3 Å². The Morgan fingerprint density at radius 3 is 2.53 bits per heavy atom. The number of hydrogen-bond donors (Lipinski definition) is 3. The van der Waals surface area contributed by atoms with Crippen LogP contribution in [-0.2, 0) is 4.79 Å². The first-order valence-electron chi connectivity index (χ1n) is 7.66. The van der Waals surface area contributed by atoms with Crippen molar-refractivity contribution in [3.8, 4) is 0 Å². The Morgan fingerprint density at radius 1 is 1.26 bits per heavy atom. The van der Waals surface area contributed by atoms with E-state index in [0.29, 0.717) is 12.5 Å². The van der Waals surface area contributed by atoms with Crippen LogP contribution in [0.5, 0.6) is 0 Å². The van der Waals surface area contributed by atoms with Crippen molar-refractivity contribution in [2.24, 2.45) is 11.3 Å². The number of hydrogen-bond acceptors (Lipinski definition) is 3. The second-order valence-electron chi connectivity index (χ2n) is 6.35. The SMILES string of the molecule is CC(C)CCNC(=O)CNCC1(CO)CCCCC1. The molecule has 1 rings (SSSR count). The number of carbonyl (C=O) groups excluding carboxylic acids is 1. The van der Waals surface area contributed by atoms with Crippen LogP contribution < -0.4 is 10.6 Å². The quantitative estimate of drug-likeness (QED) is 0.629. The molecule has 0 aromatic rings. The highest BCUT2D eigenvalue weighted by Gasteiger charge is 2.30. The van der Waals surface area contributed by atoms with E-state index in [9.17, 15) is 9.90 Å². The summed E-state index contributed by atoms with van der Waals surface area (Å²) in [6.07, 6.45) is 6.84. The van der Waals surface area contributed by atoms with Crippen molar-refractivity contribution in [3.05, 3.63) is 0 Å². The summed E-state index contributed by atoms with van der Waals surface area (Å²) in [4.78, 5) is 11.6. The first-order chi connectivity index (χ1) is 9.08. The van der Waals surface area contributed by atoms with E-state index < -0.39 is 0 Å². The molecule has 1 aliphatic rings. The number of aliphatic hydroxyl groups is 1. The number of nitrogens with one attached hydrogen (secondary N) is 2. The Bertz CT molecular complexity index is 261. The number of rotatable bonds is 8. The van der Waals surface area contributed by atoms with Gasteiger partial charge in [-0.1, -0.05) is 33.1 Å². The zero-order valence-electron chi connectivity index (χ0n) is 12.5. The third kappa shape index (κ3) is 6.39. The van der Waals surface area contributed by atoms with E-state index in [4.69, 9.17) is 0 Å². The van der Waals surface area contributed by atoms with Gasteiger partial charge in [-0.25, -0.2) is 0 Å². The van der Waals surface area contributed by atoms with Crippen LogP contribution in [0.2, 0.25) is 0 Å². The van der Waals surface area contributed by atoms with Crippen molar-refractivity contribution in [1.82, 2.24) is 10.6 Å². The predicted octanol–water partition coefficient (Wildman–Crippen LogP) is 1.68. The number of aliphatic hydroxyl groups excluding tert-OH is 1. The van der Waals surface area contributed by atoms with Crippen LogP contribution >= 0.6 is 0 Å². The summed E-state index contributed by atoms with van der Waals surface area (Å²) in [5.74, 6) is 0.678. The van der Waals surface area contributed by atoms with Crippen LogP contribution in [0.15, 0.2) is 0 Å². The zero-order valence-corrected chi connectivity index (χ0v) is 12.5. The first kappa shape index (κ1) is 16.4. The maximum absolute atomic E-state index is 11.6. The van der Waals surface area contributed by atoms with E-state index in [0.717, 1.165) is 32.4 Å². The minimum absolute atomic E-state index is 0.0104. The van der Waals surface area contributed by atoms with Gasteiger partial charge in [0.25, 0.3) is 0 Å². The maximum atomic E-state index is 11.6. The highest BCUT2D eigenvalue weighted by molar-refractivity contribution is 5.77. The summed E-state index contributed by atoms with van der Waals surface area (Å²) in [5, 5.41) is 15.7. The molecule has 0 aliphatic heterocycles. The standard InChI is InChI=1S/C15H30N2O2/c1-13(2)6-9-17-14(19)10-16-11-15(12-18)7-4-3-5-8-15/h13,16,18H,3-12H2,1-2H3,(H,17,19). The van der Waals surface area contributed by atoms with Crippen molar-refractivity contribution in [2.75, 3.05) is 26.2 Å². The molecule has 0 heterocycles. The number of carbonyl (C=O) groups is 1. The monoisotopic (exact) mass is 270 g/mol. The van der Waals surface area contributed by atoms with E-state index in [2.05, 4.69) is 24.5 Å². The molecule has 0 radical (unpaired) electrons. The molecule has 1 aliphatic carbocycles. The fourth-order valence-electron chi connectivity index (χ4n) is 2.70. The van der Waals surface area contributed by atoms with Gasteiger partial charge >= 0.3 is 0 Å². The lowest BCUT2D eigenvalue weighted by Gasteiger charge is -2.35.